The van der Waals surface area contributed by atoms with Crippen molar-refractivity contribution in [2.45, 2.75) is 57.0 Å². The molecule has 288 valence electrons. The Bertz CT molecular complexity index is 2290. The van der Waals surface area contributed by atoms with Crippen LogP contribution in [0.25, 0.3) is 0 Å². The highest BCUT2D eigenvalue weighted by atomic mass is 16.6. The zero-order chi connectivity index (χ0) is 39.1. The van der Waals surface area contributed by atoms with E-state index in [1.54, 1.807) is 19.2 Å². The number of anilines is 6. The SMILES string of the molecule is C=CC(=O)Oc1ccc(N(c2ccc(CCc3ccc(N(c4ccc(OC5CCCC6OC56)cc4)c4cccc(CO)c4)cc3)cc2)c2cccc(OC)c2)cc1. The van der Waals surface area contributed by atoms with E-state index < -0.39 is 5.97 Å². The van der Waals surface area contributed by atoms with Gasteiger partial charge in [0.15, 0.2) is 0 Å². The van der Waals surface area contributed by atoms with Gasteiger partial charge in [0, 0.05) is 46.3 Å². The van der Waals surface area contributed by atoms with Crippen molar-refractivity contribution in [2.75, 3.05) is 16.9 Å². The average molecular weight is 759 g/mol. The highest BCUT2D eigenvalue weighted by molar-refractivity contribution is 5.84. The summed E-state index contributed by atoms with van der Waals surface area (Å²) in [6, 6.07) is 48.9. The molecule has 0 amide bonds. The predicted octanol–water partition coefficient (Wildman–Crippen LogP) is 10.7. The van der Waals surface area contributed by atoms with E-state index in [2.05, 4.69) is 83.1 Å². The van der Waals surface area contributed by atoms with Crippen LogP contribution in [0.15, 0.2) is 158 Å². The molecule has 57 heavy (non-hydrogen) atoms. The van der Waals surface area contributed by atoms with Crippen molar-refractivity contribution in [3.8, 4) is 17.2 Å². The third-order valence-electron chi connectivity index (χ3n) is 10.6. The molecule has 1 saturated heterocycles. The molecule has 8 nitrogen and oxygen atoms in total. The number of carbonyl (C=O) groups is 1. The van der Waals surface area contributed by atoms with Crippen molar-refractivity contribution in [2.24, 2.45) is 0 Å². The molecule has 0 bridgehead atoms. The summed E-state index contributed by atoms with van der Waals surface area (Å²) < 4.78 is 23.0. The van der Waals surface area contributed by atoms with E-state index in [4.69, 9.17) is 18.9 Å². The zero-order valence-corrected chi connectivity index (χ0v) is 32.0. The molecule has 2 fully saturated rings. The number of methoxy groups -OCH3 is 1. The lowest BCUT2D eigenvalue weighted by Gasteiger charge is -2.27. The first-order valence-electron chi connectivity index (χ1n) is 19.5. The Morgan fingerprint density at radius 3 is 1.77 bits per heavy atom. The summed E-state index contributed by atoms with van der Waals surface area (Å²) in [7, 11) is 1.66. The van der Waals surface area contributed by atoms with Crippen LogP contribution in [0.5, 0.6) is 17.2 Å². The number of nitrogens with zero attached hydrogens (tertiary/aromatic N) is 2. The molecule has 1 heterocycles. The summed E-state index contributed by atoms with van der Waals surface area (Å²) in [6.07, 6.45) is 6.93. The number of carbonyl (C=O) groups excluding carboxylic acids is 1. The molecule has 3 unspecified atom stereocenters. The maximum atomic E-state index is 11.7. The lowest BCUT2D eigenvalue weighted by atomic mass is 9.98. The van der Waals surface area contributed by atoms with Crippen LogP contribution in [0.2, 0.25) is 0 Å². The third kappa shape index (κ3) is 8.88. The summed E-state index contributed by atoms with van der Waals surface area (Å²) in [6.45, 7) is 3.45. The van der Waals surface area contributed by atoms with Crippen molar-refractivity contribution in [3.05, 3.63) is 175 Å². The molecule has 6 aromatic rings. The number of fused-ring (bicyclic) bond motifs is 1. The Balaban J connectivity index is 0.976. The Labute approximate surface area is 334 Å². The molecule has 1 aliphatic carbocycles. The van der Waals surface area contributed by atoms with Crippen LogP contribution in [0.1, 0.15) is 36.0 Å². The number of aliphatic hydroxyl groups is 1. The molecular formula is C49H46N2O6. The van der Waals surface area contributed by atoms with E-state index in [0.29, 0.717) is 11.9 Å². The minimum Gasteiger partial charge on any atom is -0.497 e. The van der Waals surface area contributed by atoms with Gasteiger partial charge in [-0.25, -0.2) is 4.79 Å². The number of benzene rings is 6. The van der Waals surface area contributed by atoms with Crippen molar-refractivity contribution >= 4 is 40.1 Å². The standard InChI is InChI=1S/C49H46N2O6/c1-3-48(53)56-44-29-25-40(26-30-44)51(42-9-5-10-45(32-42)54-2)38-21-17-35(18-22-38)14-13-34-15-19-37(20-16-34)50(41-8-4-7-36(31-41)33-52)39-23-27-43(28-24-39)55-46-11-6-12-47-49(46)57-47/h3-5,7-10,15-32,46-47,49,52H,1,6,11-14,33H2,2H3. The van der Waals surface area contributed by atoms with Crippen molar-refractivity contribution < 1.29 is 28.8 Å². The molecule has 2 aliphatic rings. The third-order valence-corrected chi connectivity index (χ3v) is 10.6. The van der Waals surface area contributed by atoms with Crippen LogP contribution in [-0.2, 0) is 29.0 Å². The van der Waals surface area contributed by atoms with Gasteiger partial charge >= 0.3 is 5.97 Å². The molecule has 1 saturated carbocycles. The Hall–Kier alpha value is -6.35. The molecule has 0 spiro atoms. The number of esters is 1. The fourth-order valence-electron chi connectivity index (χ4n) is 7.55. The van der Waals surface area contributed by atoms with E-state index >= 15 is 0 Å². The van der Waals surface area contributed by atoms with Gasteiger partial charge in [0.1, 0.15) is 29.5 Å². The van der Waals surface area contributed by atoms with Crippen LogP contribution >= 0.6 is 0 Å². The van der Waals surface area contributed by atoms with Gasteiger partial charge in [0.25, 0.3) is 0 Å². The van der Waals surface area contributed by atoms with E-state index in [-0.39, 0.29) is 18.8 Å². The molecular weight excluding hydrogens is 713 g/mol. The van der Waals surface area contributed by atoms with Crippen molar-refractivity contribution in [3.63, 3.8) is 0 Å². The highest BCUT2D eigenvalue weighted by Gasteiger charge is 2.48. The summed E-state index contributed by atoms with van der Waals surface area (Å²) in [5.74, 6) is 1.55. The number of aryl methyl sites for hydroxylation is 2. The fourth-order valence-corrected chi connectivity index (χ4v) is 7.55. The van der Waals surface area contributed by atoms with Gasteiger partial charge in [-0.05, 0) is 146 Å². The maximum absolute atomic E-state index is 11.7. The minimum atomic E-state index is -0.501. The predicted molar refractivity (Wildman–Crippen MR) is 225 cm³/mol. The van der Waals surface area contributed by atoms with Crippen molar-refractivity contribution in [1.82, 2.24) is 0 Å². The summed E-state index contributed by atoms with van der Waals surface area (Å²) in [4.78, 5) is 16.1. The van der Waals surface area contributed by atoms with E-state index in [1.807, 2.05) is 66.7 Å². The number of aliphatic hydroxyl groups excluding tert-OH is 1. The smallest absolute Gasteiger partial charge is 0.335 e. The van der Waals surface area contributed by atoms with Crippen LogP contribution < -0.4 is 24.0 Å². The fraction of sp³-hybridized carbons (Fsp3) is 0.204. The summed E-state index contributed by atoms with van der Waals surface area (Å²) >= 11 is 0. The number of hydrogen-bond acceptors (Lipinski definition) is 8. The van der Waals surface area contributed by atoms with Gasteiger partial charge in [0.05, 0.1) is 19.8 Å². The molecule has 1 N–H and O–H groups in total. The first kappa shape index (κ1) is 37.6. The molecule has 8 heteroatoms. The zero-order valence-electron chi connectivity index (χ0n) is 32.0. The van der Waals surface area contributed by atoms with Gasteiger partial charge in [-0.2, -0.15) is 0 Å². The first-order valence-corrected chi connectivity index (χ1v) is 19.5. The van der Waals surface area contributed by atoms with Crippen LogP contribution in [-0.4, -0.2) is 36.5 Å². The monoisotopic (exact) mass is 758 g/mol. The number of rotatable bonds is 15. The molecule has 1 aliphatic heterocycles. The number of ether oxygens (including phenoxy) is 4. The van der Waals surface area contributed by atoms with Gasteiger partial charge in [-0.1, -0.05) is 49.0 Å². The number of epoxide rings is 1. The van der Waals surface area contributed by atoms with Gasteiger partial charge in [-0.3, -0.25) is 0 Å². The molecule has 6 aromatic carbocycles. The number of hydrogen-bond donors (Lipinski definition) is 1. The molecule has 0 aromatic heterocycles. The molecule has 0 radical (unpaired) electrons. The van der Waals surface area contributed by atoms with Crippen molar-refractivity contribution in [1.29, 1.82) is 0 Å². The largest absolute Gasteiger partial charge is 0.497 e. The average Bonchev–Trinajstić information content (AvgIpc) is 4.07. The Morgan fingerprint density at radius 1 is 0.667 bits per heavy atom. The normalized spacial score (nSPS) is 16.8. The molecule has 8 rings (SSSR count). The quantitative estimate of drug-likeness (QED) is 0.0480. The van der Waals surface area contributed by atoms with E-state index in [0.717, 1.165) is 89.4 Å². The van der Waals surface area contributed by atoms with Gasteiger partial charge in [-0.15, -0.1) is 0 Å². The van der Waals surface area contributed by atoms with Crippen LogP contribution in [0.4, 0.5) is 34.1 Å². The first-order chi connectivity index (χ1) is 28.0. The second kappa shape index (κ2) is 17.2. The second-order valence-corrected chi connectivity index (χ2v) is 14.4. The Kier molecular flexibility index (Phi) is 11.3. The van der Waals surface area contributed by atoms with Gasteiger partial charge < -0.3 is 33.9 Å². The molecule has 3 atom stereocenters. The van der Waals surface area contributed by atoms with Crippen LogP contribution in [0, 0.1) is 0 Å². The lowest BCUT2D eigenvalue weighted by Crippen LogP contribution is -2.28. The summed E-state index contributed by atoms with van der Waals surface area (Å²) in [5.41, 5.74) is 9.14. The van der Waals surface area contributed by atoms with E-state index in [1.165, 1.54) is 11.1 Å². The minimum absolute atomic E-state index is 0.0266. The Morgan fingerprint density at radius 2 is 1.21 bits per heavy atom. The van der Waals surface area contributed by atoms with Crippen LogP contribution in [0.3, 0.4) is 0 Å². The topological polar surface area (TPSA) is 84.0 Å². The lowest BCUT2D eigenvalue weighted by molar-refractivity contribution is -0.128. The maximum Gasteiger partial charge on any atom is 0.335 e. The van der Waals surface area contributed by atoms with Gasteiger partial charge in [0.2, 0.25) is 0 Å². The van der Waals surface area contributed by atoms with E-state index in [9.17, 15) is 9.90 Å². The summed E-state index contributed by atoms with van der Waals surface area (Å²) in [5, 5.41) is 9.93. The highest BCUT2D eigenvalue weighted by Crippen LogP contribution is 2.41. The second-order valence-electron chi connectivity index (χ2n) is 14.4.